The summed E-state index contributed by atoms with van der Waals surface area (Å²) in [4.78, 5) is 13.7. The number of carbonyl (C=O) groups excluding carboxylic acids is 1. The second-order valence-electron chi connectivity index (χ2n) is 4.10. The Morgan fingerprint density at radius 2 is 2.29 bits per heavy atom. The van der Waals surface area contributed by atoms with Crippen LogP contribution >= 0.6 is 11.8 Å². The fourth-order valence-electron chi connectivity index (χ4n) is 1.79. The first-order valence-corrected chi connectivity index (χ1v) is 6.99. The van der Waals surface area contributed by atoms with Crippen LogP contribution in [0.15, 0.2) is 12.4 Å². The lowest BCUT2D eigenvalue weighted by molar-refractivity contribution is 0.203. The van der Waals surface area contributed by atoms with Gasteiger partial charge in [0.05, 0.1) is 6.20 Å². The molecule has 0 atom stereocenters. The molecule has 0 spiro atoms. The largest absolute Gasteiger partial charge is 0.338 e. The molecule has 0 unspecified atom stereocenters. The van der Waals surface area contributed by atoms with E-state index in [2.05, 4.69) is 10.4 Å². The predicted molar refractivity (Wildman–Crippen MR) is 69.2 cm³/mol. The van der Waals surface area contributed by atoms with E-state index in [0.717, 1.165) is 36.6 Å². The van der Waals surface area contributed by atoms with Crippen molar-refractivity contribution in [2.24, 2.45) is 7.05 Å². The van der Waals surface area contributed by atoms with E-state index < -0.39 is 0 Å². The third kappa shape index (κ3) is 3.66. The third-order valence-electron chi connectivity index (χ3n) is 2.75. The molecule has 0 bridgehead atoms. The Labute approximate surface area is 106 Å². The normalized spacial score (nSPS) is 15.9. The number of hydrogen-bond acceptors (Lipinski definition) is 3. The Bertz CT molecular complexity index is 373. The highest BCUT2D eigenvalue weighted by Crippen LogP contribution is 2.08. The smallest absolute Gasteiger partial charge is 0.317 e. The summed E-state index contributed by atoms with van der Waals surface area (Å²) in [7, 11) is 1.90. The zero-order valence-corrected chi connectivity index (χ0v) is 10.9. The Balaban J connectivity index is 1.69. The highest BCUT2D eigenvalue weighted by atomic mass is 32.2. The van der Waals surface area contributed by atoms with Gasteiger partial charge >= 0.3 is 6.03 Å². The Morgan fingerprint density at radius 3 is 2.94 bits per heavy atom. The van der Waals surface area contributed by atoms with Crippen molar-refractivity contribution in [1.82, 2.24) is 20.0 Å². The summed E-state index contributed by atoms with van der Waals surface area (Å²) < 4.78 is 1.78. The van der Waals surface area contributed by atoms with Crippen LogP contribution in [0.2, 0.25) is 0 Å². The van der Waals surface area contributed by atoms with Gasteiger partial charge in [0.2, 0.25) is 0 Å². The fourth-order valence-corrected chi connectivity index (χ4v) is 2.70. The second kappa shape index (κ2) is 5.95. The van der Waals surface area contributed by atoms with E-state index in [1.54, 1.807) is 4.68 Å². The first kappa shape index (κ1) is 12.3. The van der Waals surface area contributed by atoms with Crippen LogP contribution < -0.4 is 5.32 Å². The number of amides is 2. The molecular formula is C11H18N4OS. The van der Waals surface area contributed by atoms with Crippen molar-refractivity contribution in [3.63, 3.8) is 0 Å². The van der Waals surface area contributed by atoms with Crippen LogP contribution in [-0.4, -0.2) is 51.9 Å². The zero-order chi connectivity index (χ0) is 12.1. The van der Waals surface area contributed by atoms with Crippen LogP contribution in [0, 0.1) is 0 Å². The number of rotatable bonds is 3. The molecule has 5 nitrogen and oxygen atoms in total. The van der Waals surface area contributed by atoms with Gasteiger partial charge < -0.3 is 10.2 Å². The SMILES string of the molecule is Cn1cc(CCNC(=O)N2CCSCC2)cn1. The van der Waals surface area contributed by atoms with Crippen LogP contribution in [0.1, 0.15) is 5.56 Å². The summed E-state index contributed by atoms with van der Waals surface area (Å²) in [5.74, 6) is 2.10. The molecule has 1 N–H and O–H groups in total. The standard InChI is InChI=1S/C11H18N4OS/c1-14-9-10(8-13-14)2-3-12-11(16)15-4-6-17-7-5-15/h8-9H,2-7H2,1H3,(H,12,16). The molecule has 0 aromatic carbocycles. The summed E-state index contributed by atoms with van der Waals surface area (Å²) in [5.41, 5.74) is 1.15. The number of nitrogens with one attached hydrogen (secondary N) is 1. The minimum Gasteiger partial charge on any atom is -0.338 e. The average Bonchev–Trinajstić information content (AvgIpc) is 2.76. The van der Waals surface area contributed by atoms with Crippen LogP contribution in [0.5, 0.6) is 0 Å². The maximum atomic E-state index is 11.8. The van der Waals surface area contributed by atoms with Gasteiger partial charge in [0, 0.05) is 44.4 Å². The quantitative estimate of drug-likeness (QED) is 0.865. The summed E-state index contributed by atoms with van der Waals surface area (Å²) in [6.07, 6.45) is 4.65. The summed E-state index contributed by atoms with van der Waals surface area (Å²) in [6.45, 7) is 2.40. The molecule has 1 aliphatic rings. The van der Waals surface area contributed by atoms with Gasteiger partial charge in [-0.05, 0) is 12.0 Å². The van der Waals surface area contributed by atoms with Crippen molar-refractivity contribution in [3.8, 4) is 0 Å². The zero-order valence-electron chi connectivity index (χ0n) is 10.1. The van der Waals surface area contributed by atoms with E-state index in [1.807, 2.05) is 36.1 Å². The Morgan fingerprint density at radius 1 is 1.53 bits per heavy atom. The van der Waals surface area contributed by atoms with E-state index in [1.165, 1.54) is 0 Å². The molecule has 1 fully saturated rings. The molecule has 2 rings (SSSR count). The van der Waals surface area contributed by atoms with E-state index in [0.29, 0.717) is 6.54 Å². The van der Waals surface area contributed by atoms with Gasteiger partial charge in [-0.1, -0.05) is 0 Å². The molecule has 0 aliphatic carbocycles. The fraction of sp³-hybridized carbons (Fsp3) is 0.636. The molecule has 1 aliphatic heterocycles. The molecule has 1 saturated heterocycles. The minimum absolute atomic E-state index is 0.0641. The molecule has 1 aromatic rings. The van der Waals surface area contributed by atoms with Gasteiger partial charge in [-0.15, -0.1) is 0 Å². The highest BCUT2D eigenvalue weighted by Gasteiger charge is 2.15. The second-order valence-corrected chi connectivity index (χ2v) is 5.33. The van der Waals surface area contributed by atoms with Crippen molar-refractivity contribution >= 4 is 17.8 Å². The number of carbonyl (C=O) groups is 1. The topological polar surface area (TPSA) is 50.2 Å². The number of urea groups is 1. The first-order chi connectivity index (χ1) is 8.25. The average molecular weight is 254 g/mol. The Hall–Kier alpha value is -1.17. The van der Waals surface area contributed by atoms with E-state index >= 15 is 0 Å². The molecule has 6 heteroatoms. The monoisotopic (exact) mass is 254 g/mol. The number of aryl methyl sites for hydroxylation is 1. The molecule has 1 aromatic heterocycles. The van der Waals surface area contributed by atoms with E-state index in [9.17, 15) is 4.79 Å². The highest BCUT2D eigenvalue weighted by molar-refractivity contribution is 7.99. The number of hydrogen-bond donors (Lipinski definition) is 1. The lowest BCUT2D eigenvalue weighted by atomic mass is 10.2. The summed E-state index contributed by atoms with van der Waals surface area (Å²) >= 11 is 1.91. The Kier molecular flexibility index (Phi) is 4.30. The number of aromatic nitrogens is 2. The number of nitrogens with zero attached hydrogens (tertiary/aromatic N) is 3. The predicted octanol–water partition coefficient (Wildman–Crippen LogP) is 0.721. The van der Waals surface area contributed by atoms with Gasteiger partial charge in [0.25, 0.3) is 0 Å². The van der Waals surface area contributed by atoms with E-state index in [-0.39, 0.29) is 6.03 Å². The molecule has 17 heavy (non-hydrogen) atoms. The van der Waals surface area contributed by atoms with Gasteiger partial charge in [-0.3, -0.25) is 4.68 Å². The van der Waals surface area contributed by atoms with E-state index in [4.69, 9.17) is 0 Å². The summed E-state index contributed by atoms with van der Waals surface area (Å²) in [5, 5.41) is 7.05. The van der Waals surface area contributed by atoms with Crippen molar-refractivity contribution in [1.29, 1.82) is 0 Å². The van der Waals surface area contributed by atoms with Crippen LogP contribution in [-0.2, 0) is 13.5 Å². The maximum Gasteiger partial charge on any atom is 0.317 e. The molecule has 0 radical (unpaired) electrons. The van der Waals surface area contributed by atoms with Crippen molar-refractivity contribution < 1.29 is 4.79 Å². The van der Waals surface area contributed by atoms with Crippen LogP contribution in [0.3, 0.4) is 0 Å². The van der Waals surface area contributed by atoms with Crippen molar-refractivity contribution in [2.75, 3.05) is 31.1 Å². The van der Waals surface area contributed by atoms with Gasteiger partial charge in [0.15, 0.2) is 0 Å². The van der Waals surface area contributed by atoms with Crippen LogP contribution in [0.25, 0.3) is 0 Å². The first-order valence-electron chi connectivity index (χ1n) is 5.84. The third-order valence-corrected chi connectivity index (χ3v) is 3.69. The van der Waals surface area contributed by atoms with Crippen LogP contribution in [0.4, 0.5) is 4.79 Å². The lowest BCUT2D eigenvalue weighted by Crippen LogP contribution is -2.44. The molecule has 94 valence electrons. The molecule has 0 saturated carbocycles. The lowest BCUT2D eigenvalue weighted by Gasteiger charge is -2.26. The van der Waals surface area contributed by atoms with Gasteiger partial charge in [-0.25, -0.2) is 4.79 Å². The number of thioether (sulfide) groups is 1. The van der Waals surface area contributed by atoms with Gasteiger partial charge in [0.1, 0.15) is 0 Å². The summed E-state index contributed by atoms with van der Waals surface area (Å²) in [6, 6.07) is 0.0641. The van der Waals surface area contributed by atoms with Crippen molar-refractivity contribution in [2.45, 2.75) is 6.42 Å². The molecule has 2 amide bonds. The van der Waals surface area contributed by atoms with Crippen molar-refractivity contribution in [3.05, 3.63) is 18.0 Å². The molecule has 2 heterocycles. The maximum absolute atomic E-state index is 11.8. The molecular weight excluding hydrogens is 236 g/mol. The minimum atomic E-state index is 0.0641. The van der Waals surface area contributed by atoms with Gasteiger partial charge in [-0.2, -0.15) is 16.9 Å².